The first kappa shape index (κ1) is 13.9. The molecule has 3 rings (SSSR count). The zero-order valence-electron chi connectivity index (χ0n) is 12.2. The van der Waals surface area contributed by atoms with Gasteiger partial charge in [0.15, 0.2) is 5.49 Å². The maximum Gasteiger partial charge on any atom is 0.259 e. The molecule has 0 bridgehead atoms. The first-order chi connectivity index (χ1) is 10.7. The standard InChI is InChI=1S/C17H16N4O/c1-21-11-5-9-14(16(21)20-18)17(22)19-15-10-4-7-12-6-2-3-8-13(12)15/h2-11H,18H2,1H3,(H,19,22). The average molecular weight is 292 g/mol. The number of nitrogens with zero attached hydrogens (tertiary/aromatic N) is 2. The van der Waals surface area contributed by atoms with E-state index in [-0.39, 0.29) is 5.91 Å². The highest BCUT2D eigenvalue weighted by atomic mass is 16.1. The van der Waals surface area contributed by atoms with Gasteiger partial charge in [0, 0.05) is 24.3 Å². The Hall–Kier alpha value is -3.08. The van der Waals surface area contributed by atoms with Gasteiger partial charge in [-0.25, -0.2) is 0 Å². The Balaban J connectivity index is 2.03. The molecule has 1 aromatic heterocycles. The highest BCUT2D eigenvalue weighted by Crippen LogP contribution is 2.23. The summed E-state index contributed by atoms with van der Waals surface area (Å²) in [5.41, 5.74) is 1.62. The quantitative estimate of drug-likeness (QED) is 0.561. The highest BCUT2D eigenvalue weighted by molar-refractivity contribution is 6.08. The second-order valence-electron chi connectivity index (χ2n) is 4.97. The Bertz CT molecular complexity index is 906. The van der Waals surface area contributed by atoms with Crippen molar-refractivity contribution in [2.75, 3.05) is 5.32 Å². The van der Waals surface area contributed by atoms with Crippen LogP contribution in [0.3, 0.4) is 0 Å². The molecule has 0 fully saturated rings. The minimum absolute atomic E-state index is 0.239. The number of fused-ring (bicyclic) bond motifs is 1. The van der Waals surface area contributed by atoms with Crippen LogP contribution in [0.5, 0.6) is 0 Å². The lowest BCUT2D eigenvalue weighted by molar-refractivity contribution is 0.102. The van der Waals surface area contributed by atoms with Crippen LogP contribution >= 0.6 is 0 Å². The molecule has 0 saturated heterocycles. The maximum absolute atomic E-state index is 12.5. The third kappa shape index (κ3) is 2.44. The molecule has 0 atom stereocenters. The molecule has 0 radical (unpaired) electrons. The molecule has 5 heteroatoms. The Kier molecular flexibility index (Phi) is 3.62. The van der Waals surface area contributed by atoms with Crippen molar-refractivity contribution >= 4 is 22.4 Å². The summed E-state index contributed by atoms with van der Waals surface area (Å²) in [4.78, 5) is 12.5. The number of pyridine rings is 1. The molecule has 1 amide bonds. The van der Waals surface area contributed by atoms with Gasteiger partial charge in [-0.05, 0) is 23.6 Å². The van der Waals surface area contributed by atoms with Crippen molar-refractivity contribution in [3.8, 4) is 0 Å². The highest BCUT2D eigenvalue weighted by Gasteiger charge is 2.11. The van der Waals surface area contributed by atoms with Crippen molar-refractivity contribution in [2.45, 2.75) is 0 Å². The summed E-state index contributed by atoms with van der Waals surface area (Å²) < 4.78 is 1.71. The molecule has 0 aliphatic carbocycles. The van der Waals surface area contributed by atoms with E-state index in [0.29, 0.717) is 11.1 Å². The minimum Gasteiger partial charge on any atom is -0.334 e. The van der Waals surface area contributed by atoms with Crippen LogP contribution < -0.4 is 16.6 Å². The maximum atomic E-state index is 12.5. The molecule has 0 aliphatic rings. The van der Waals surface area contributed by atoms with Gasteiger partial charge in [0.05, 0.1) is 5.56 Å². The number of carbonyl (C=O) groups is 1. The number of aryl methyl sites for hydroxylation is 1. The van der Waals surface area contributed by atoms with Crippen LogP contribution in [-0.4, -0.2) is 10.5 Å². The zero-order valence-corrected chi connectivity index (χ0v) is 12.2. The number of anilines is 1. The second-order valence-corrected chi connectivity index (χ2v) is 4.97. The van der Waals surface area contributed by atoms with Crippen molar-refractivity contribution in [2.24, 2.45) is 18.0 Å². The van der Waals surface area contributed by atoms with Crippen LogP contribution in [0.15, 0.2) is 65.9 Å². The van der Waals surface area contributed by atoms with Crippen LogP contribution in [0.4, 0.5) is 5.69 Å². The molecular formula is C17H16N4O. The first-order valence-electron chi connectivity index (χ1n) is 6.89. The largest absolute Gasteiger partial charge is 0.334 e. The van der Waals surface area contributed by atoms with E-state index in [4.69, 9.17) is 5.84 Å². The van der Waals surface area contributed by atoms with E-state index in [1.165, 1.54) is 0 Å². The van der Waals surface area contributed by atoms with E-state index in [0.717, 1.165) is 16.5 Å². The van der Waals surface area contributed by atoms with Gasteiger partial charge >= 0.3 is 0 Å². The van der Waals surface area contributed by atoms with E-state index in [1.807, 2.05) is 42.5 Å². The van der Waals surface area contributed by atoms with Crippen LogP contribution in [0.2, 0.25) is 0 Å². The zero-order chi connectivity index (χ0) is 15.5. The van der Waals surface area contributed by atoms with E-state index in [2.05, 4.69) is 10.4 Å². The number of hydrogen-bond donors (Lipinski definition) is 2. The van der Waals surface area contributed by atoms with E-state index in [1.54, 1.807) is 29.9 Å². The van der Waals surface area contributed by atoms with Gasteiger partial charge in [-0.3, -0.25) is 4.79 Å². The number of carbonyl (C=O) groups excluding carboxylic acids is 1. The van der Waals surface area contributed by atoms with Gasteiger partial charge in [-0.2, -0.15) is 5.10 Å². The fraction of sp³-hybridized carbons (Fsp3) is 0.0588. The Labute approximate surface area is 127 Å². The number of amides is 1. The molecule has 110 valence electrons. The van der Waals surface area contributed by atoms with Crippen molar-refractivity contribution in [3.63, 3.8) is 0 Å². The molecule has 5 nitrogen and oxygen atoms in total. The molecular weight excluding hydrogens is 276 g/mol. The molecule has 2 aromatic carbocycles. The summed E-state index contributed by atoms with van der Waals surface area (Å²) in [5.74, 6) is 5.16. The molecule has 3 N–H and O–H groups in total. The van der Waals surface area contributed by atoms with Gasteiger partial charge in [0.2, 0.25) is 0 Å². The van der Waals surface area contributed by atoms with Gasteiger partial charge in [0.1, 0.15) is 0 Å². The summed E-state index contributed by atoms with van der Waals surface area (Å²) >= 11 is 0. The predicted molar refractivity (Wildman–Crippen MR) is 87.1 cm³/mol. The summed E-state index contributed by atoms with van der Waals surface area (Å²) in [6.45, 7) is 0. The number of hydrogen-bond acceptors (Lipinski definition) is 3. The Morgan fingerprint density at radius 1 is 1.09 bits per heavy atom. The van der Waals surface area contributed by atoms with Gasteiger partial charge in [-0.15, -0.1) is 0 Å². The second kappa shape index (κ2) is 5.73. The molecule has 3 aromatic rings. The van der Waals surface area contributed by atoms with Crippen LogP contribution in [0.1, 0.15) is 10.4 Å². The third-order valence-corrected chi connectivity index (χ3v) is 3.55. The van der Waals surface area contributed by atoms with Gasteiger partial charge < -0.3 is 15.7 Å². The molecule has 22 heavy (non-hydrogen) atoms. The third-order valence-electron chi connectivity index (χ3n) is 3.55. The minimum atomic E-state index is -0.239. The molecule has 0 aliphatic heterocycles. The molecule has 0 unspecified atom stereocenters. The van der Waals surface area contributed by atoms with Gasteiger partial charge in [0.25, 0.3) is 5.91 Å². The summed E-state index contributed by atoms with van der Waals surface area (Å²) in [6.07, 6.45) is 1.79. The summed E-state index contributed by atoms with van der Waals surface area (Å²) in [5, 5.41) is 8.70. The molecule has 0 saturated carbocycles. The van der Waals surface area contributed by atoms with E-state index in [9.17, 15) is 4.79 Å². The van der Waals surface area contributed by atoms with Crippen molar-refractivity contribution in [1.82, 2.24) is 4.57 Å². The fourth-order valence-corrected chi connectivity index (χ4v) is 2.47. The Morgan fingerprint density at radius 2 is 1.86 bits per heavy atom. The van der Waals surface area contributed by atoms with E-state index >= 15 is 0 Å². The van der Waals surface area contributed by atoms with Gasteiger partial charge in [-0.1, -0.05) is 36.4 Å². The number of nitrogens with two attached hydrogens (primary N) is 1. The lowest BCUT2D eigenvalue weighted by Crippen LogP contribution is -2.29. The van der Waals surface area contributed by atoms with Crippen LogP contribution in [0, 0.1) is 0 Å². The number of aromatic nitrogens is 1. The summed E-state index contributed by atoms with van der Waals surface area (Å²) in [7, 11) is 1.79. The van der Waals surface area contributed by atoms with Crippen molar-refractivity contribution < 1.29 is 4.79 Å². The van der Waals surface area contributed by atoms with Crippen LogP contribution in [-0.2, 0) is 7.05 Å². The first-order valence-corrected chi connectivity index (χ1v) is 6.89. The topological polar surface area (TPSA) is 72.4 Å². The van der Waals surface area contributed by atoms with Crippen LogP contribution in [0.25, 0.3) is 10.8 Å². The SMILES string of the molecule is Cn1cccc(C(=O)Nc2cccc3ccccc23)c1=NN. The smallest absolute Gasteiger partial charge is 0.259 e. The van der Waals surface area contributed by atoms with Crippen molar-refractivity contribution in [1.29, 1.82) is 0 Å². The number of nitrogens with one attached hydrogen (secondary N) is 1. The summed E-state index contributed by atoms with van der Waals surface area (Å²) in [6, 6.07) is 17.2. The lowest BCUT2D eigenvalue weighted by atomic mass is 10.1. The molecule has 1 heterocycles. The number of rotatable bonds is 2. The normalized spacial score (nSPS) is 11.6. The predicted octanol–water partition coefficient (Wildman–Crippen LogP) is 2.20. The number of benzene rings is 2. The van der Waals surface area contributed by atoms with E-state index < -0.39 is 0 Å². The average Bonchev–Trinajstić information content (AvgIpc) is 2.55. The van der Waals surface area contributed by atoms with Crippen molar-refractivity contribution in [3.05, 3.63) is 71.8 Å². The lowest BCUT2D eigenvalue weighted by Gasteiger charge is -2.10. The molecule has 0 spiro atoms. The fourth-order valence-electron chi connectivity index (χ4n) is 2.47. The Morgan fingerprint density at radius 3 is 2.68 bits per heavy atom. The monoisotopic (exact) mass is 292 g/mol.